The molecule has 0 aliphatic rings. The fourth-order valence-electron chi connectivity index (χ4n) is 0.929. The van der Waals surface area contributed by atoms with Crippen LogP contribution in [0.2, 0.25) is 0 Å². The van der Waals surface area contributed by atoms with Gasteiger partial charge in [0.2, 0.25) is 0 Å². The number of nitrogens with two attached hydrogens (primary N) is 1. The Morgan fingerprint density at radius 3 is 2.86 bits per heavy atom. The third kappa shape index (κ3) is 2.06. The maximum atomic E-state index is 5.70. The predicted molar refractivity (Wildman–Crippen MR) is 70.2 cm³/mol. The summed E-state index contributed by atoms with van der Waals surface area (Å²) in [5.41, 5.74) is 5.70. The zero-order valence-corrected chi connectivity index (χ0v) is 11.4. The second-order valence-corrected chi connectivity index (χ2v) is 5.55. The zero-order valence-electron chi connectivity index (χ0n) is 6.87. The molecule has 3 nitrogen and oxygen atoms in total. The highest BCUT2D eigenvalue weighted by molar-refractivity contribution is 14.1. The fraction of sp³-hybridized carbons (Fsp3) is 0. The summed E-state index contributed by atoms with van der Waals surface area (Å²) in [6, 6.07) is 1.98. The summed E-state index contributed by atoms with van der Waals surface area (Å²) in [6.45, 7) is 0. The van der Waals surface area contributed by atoms with E-state index in [4.69, 9.17) is 5.73 Å². The Balaban J connectivity index is 2.47. The SMILES string of the molecule is Nc1nc(-c2cc(Br)cs2)ncc1I. The van der Waals surface area contributed by atoms with Crippen molar-refractivity contribution in [1.29, 1.82) is 0 Å². The molecular weight excluding hydrogens is 377 g/mol. The van der Waals surface area contributed by atoms with Crippen molar-refractivity contribution in [3.8, 4) is 10.7 Å². The Morgan fingerprint density at radius 1 is 1.50 bits per heavy atom. The minimum absolute atomic E-state index is 0.528. The van der Waals surface area contributed by atoms with E-state index in [1.165, 1.54) is 0 Å². The minimum atomic E-state index is 0.528. The van der Waals surface area contributed by atoms with Crippen LogP contribution in [0.25, 0.3) is 10.7 Å². The molecule has 0 bridgehead atoms. The average molecular weight is 382 g/mol. The van der Waals surface area contributed by atoms with Crippen LogP contribution in [0, 0.1) is 3.57 Å². The molecule has 0 aromatic carbocycles. The van der Waals surface area contributed by atoms with Gasteiger partial charge in [0.15, 0.2) is 5.82 Å². The largest absolute Gasteiger partial charge is 0.383 e. The molecule has 2 aromatic heterocycles. The van der Waals surface area contributed by atoms with Crippen molar-refractivity contribution in [2.45, 2.75) is 0 Å². The number of thiophene rings is 1. The van der Waals surface area contributed by atoms with Crippen LogP contribution in [0.3, 0.4) is 0 Å². The van der Waals surface area contributed by atoms with Gasteiger partial charge in [-0.2, -0.15) is 0 Å². The van der Waals surface area contributed by atoms with Gasteiger partial charge in [0.25, 0.3) is 0 Å². The highest BCUT2D eigenvalue weighted by Crippen LogP contribution is 2.28. The fourth-order valence-corrected chi connectivity index (χ4v) is 2.56. The van der Waals surface area contributed by atoms with Gasteiger partial charge in [0.1, 0.15) is 5.82 Å². The maximum Gasteiger partial charge on any atom is 0.171 e. The number of rotatable bonds is 1. The van der Waals surface area contributed by atoms with Gasteiger partial charge in [-0.1, -0.05) is 0 Å². The smallest absolute Gasteiger partial charge is 0.171 e. The lowest BCUT2D eigenvalue weighted by molar-refractivity contribution is 1.18. The van der Waals surface area contributed by atoms with Crippen molar-refractivity contribution >= 4 is 55.7 Å². The Hall–Kier alpha value is -0.210. The summed E-state index contributed by atoms with van der Waals surface area (Å²) >= 11 is 7.08. The van der Waals surface area contributed by atoms with Crippen molar-refractivity contribution in [2.24, 2.45) is 0 Å². The van der Waals surface area contributed by atoms with Crippen LogP contribution in [-0.2, 0) is 0 Å². The number of aromatic nitrogens is 2. The Bertz CT molecular complexity index is 471. The predicted octanol–water partition coefficient (Wildman–Crippen LogP) is 3.15. The first-order valence-electron chi connectivity index (χ1n) is 3.69. The van der Waals surface area contributed by atoms with Gasteiger partial charge in [0, 0.05) is 16.0 Å². The zero-order chi connectivity index (χ0) is 10.1. The third-order valence-corrected chi connectivity index (χ3v) is 4.08. The number of halogens is 2. The number of hydrogen-bond acceptors (Lipinski definition) is 4. The number of hydrogen-bond donors (Lipinski definition) is 1. The van der Waals surface area contributed by atoms with E-state index < -0.39 is 0 Å². The van der Waals surface area contributed by atoms with Crippen LogP contribution < -0.4 is 5.73 Å². The van der Waals surface area contributed by atoms with Gasteiger partial charge in [-0.3, -0.25) is 0 Å². The molecule has 2 N–H and O–H groups in total. The van der Waals surface area contributed by atoms with Gasteiger partial charge < -0.3 is 5.73 Å². The molecule has 2 heterocycles. The third-order valence-electron chi connectivity index (χ3n) is 1.56. The van der Waals surface area contributed by atoms with E-state index >= 15 is 0 Å². The van der Waals surface area contributed by atoms with E-state index in [1.807, 2.05) is 11.4 Å². The second-order valence-electron chi connectivity index (χ2n) is 2.56. The van der Waals surface area contributed by atoms with E-state index in [2.05, 4.69) is 48.5 Å². The minimum Gasteiger partial charge on any atom is -0.383 e. The summed E-state index contributed by atoms with van der Waals surface area (Å²) in [7, 11) is 0. The van der Waals surface area contributed by atoms with Gasteiger partial charge in [-0.05, 0) is 44.6 Å². The molecule has 0 atom stereocenters. The molecular formula is C8H5BrIN3S. The topological polar surface area (TPSA) is 51.8 Å². The standard InChI is InChI=1S/C8H5BrIN3S/c9-4-1-6(14-3-4)8-12-2-5(10)7(11)13-8/h1-3H,(H2,11,12,13). The van der Waals surface area contributed by atoms with Crippen LogP contribution in [0.5, 0.6) is 0 Å². The quantitative estimate of drug-likeness (QED) is 0.772. The van der Waals surface area contributed by atoms with Crippen LogP contribution in [0.15, 0.2) is 22.1 Å². The summed E-state index contributed by atoms with van der Waals surface area (Å²) in [4.78, 5) is 9.43. The molecule has 2 aromatic rings. The lowest BCUT2D eigenvalue weighted by Gasteiger charge is -1.98. The van der Waals surface area contributed by atoms with Gasteiger partial charge >= 0.3 is 0 Å². The molecule has 0 unspecified atom stereocenters. The molecule has 14 heavy (non-hydrogen) atoms. The Kier molecular flexibility index (Phi) is 3.03. The number of nitrogen functional groups attached to an aromatic ring is 1. The molecule has 0 radical (unpaired) electrons. The molecule has 0 aliphatic carbocycles. The van der Waals surface area contributed by atoms with Gasteiger partial charge in [-0.15, -0.1) is 11.3 Å². The lowest BCUT2D eigenvalue weighted by atomic mass is 10.4. The van der Waals surface area contributed by atoms with E-state index in [1.54, 1.807) is 17.5 Å². The lowest BCUT2D eigenvalue weighted by Crippen LogP contribution is -1.97. The van der Waals surface area contributed by atoms with Crippen molar-refractivity contribution in [3.63, 3.8) is 0 Å². The maximum absolute atomic E-state index is 5.70. The highest BCUT2D eigenvalue weighted by atomic mass is 127. The Labute approximate surface area is 107 Å². The summed E-state index contributed by atoms with van der Waals surface area (Å²) in [5.74, 6) is 1.21. The molecule has 0 aliphatic heterocycles. The molecule has 0 saturated heterocycles. The van der Waals surface area contributed by atoms with Crippen molar-refractivity contribution in [3.05, 3.63) is 25.7 Å². The van der Waals surface area contributed by atoms with Crippen molar-refractivity contribution in [2.75, 3.05) is 5.73 Å². The molecule has 0 spiro atoms. The summed E-state index contributed by atoms with van der Waals surface area (Å²) in [6.07, 6.45) is 1.73. The van der Waals surface area contributed by atoms with Crippen LogP contribution >= 0.6 is 49.9 Å². The van der Waals surface area contributed by atoms with E-state index in [-0.39, 0.29) is 0 Å². The summed E-state index contributed by atoms with van der Waals surface area (Å²) in [5, 5.41) is 1.99. The van der Waals surface area contributed by atoms with E-state index in [0.29, 0.717) is 11.6 Å². The first-order valence-corrected chi connectivity index (χ1v) is 6.44. The van der Waals surface area contributed by atoms with E-state index in [9.17, 15) is 0 Å². The van der Waals surface area contributed by atoms with Crippen LogP contribution in [0.4, 0.5) is 5.82 Å². The van der Waals surface area contributed by atoms with Crippen LogP contribution in [0.1, 0.15) is 0 Å². The number of nitrogens with zero attached hydrogens (tertiary/aromatic N) is 2. The van der Waals surface area contributed by atoms with Crippen LogP contribution in [-0.4, -0.2) is 9.97 Å². The molecule has 6 heteroatoms. The van der Waals surface area contributed by atoms with Crippen molar-refractivity contribution in [1.82, 2.24) is 9.97 Å². The number of anilines is 1. The highest BCUT2D eigenvalue weighted by Gasteiger charge is 2.06. The van der Waals surface area contributed by atoms with E-state index in [0.717, 1.165) is 12.9 Å². The molecule has 2 rings (SSSR count). The van der Waals surface area contributed by atoms with Crippen molar-refractivity contribution < 1.29 is 0 Å². The summed E-state index contributed by atoms with van der Waals surface area (Å²) < 4.78 is 1.92. The monoisotopic (exact) mass is 381 g/mol. The molecule has 0 amide bonds. The second kappa shape index (κ2) is 4.11. The molecule has 0 saturated carbocycles. The molecule has 72 valence electrons. The average Bonchev–Trinajstić information content (AvgIpc) is 2.57. The normalized spacial score (nSPS) is 10.4. The van der Waals surface area contributed by atoms with Gasteiger partial charge in [-0.25, -0.2) is 9.97 Å². The first kappa shape index (κ1) is 10.3. The Morgan fingerprint density at radius 2 is 2.29 bits per heavy atom. The molecule has 0 fully saturated rings. The van der Waals surface area contributed by atoms with Gasteiger partial charge in [0.05, 0.1) is 8.45 Å². The first-order chi connectivity index (χ1) is 6.66.